The van der Waals surface area contributed by atoms with Crippen LogP contribution in [0.5, 0.6) is 0 Å². The minimum absolute atomic E-state index is 0.0871. The van der Waals surface area contributed by atoms with Crippen LogP contribution >= 0.6 is 23.2 Å². The van der Waals surface area contributed by atoms with Gasteiger partial charge in [0.1, 0.15) is 11.4 Å². The van der Waals surface area contributed by atoms with Gasteiger partial charge in [-0.2, -0.15) is 0 Å². The highest BCUT2D eigenvalue weighted by atomic mass is 35.5. The highest BCUT2D eigenvalue weighted by Gasteiger charge is 2.38. The summed E-state index contributed by atoms with van der Waals surface area (Å²) in [7, 11) is -3.92. The van der Waals surface area contributed by atoms with E-state index in [4.69, 9.17) is 28.3 Å². The lowest BCUT2D eigenvalue weighted by Crippen LogP contribution is -2.62. The third kappa shape index (κ3) is 4.42. The molecule has 0 radical (unpaired) electrons. The fourth-order valence-electron chi connectivity index (χ4n) is 2.33. The monoisotopic (exact) mass is 408 g/mol. The number of nitrogens with two attached hydrogens (primary N) is 1. The van der Waals surface area contributed by atoms with Gasteiger partial charge in [0, 0.05) is 12.2 Å². The van der Waals surface area contributed by atoms with Gasteiger partial charge >= 0.3 is 0 Å². The Kier molecular flexibility index (Phi) is 5.95. The van der Waals surface area contributed by atoms with E-state index in [0.717, 1.165) is 5.01 Å². The molecular weight excluding hydrogens is 391 g/mol. The molecule has 8 nitrogen and oxygen atoms in total. The van der Waals surface area contributed by atoms with Crippen molar-refractivity contribution in [1.29, 1.82) is 0 Å². The van der Waals surface area contributed by atoms with E-state index in [1.807, 2.05) is 0 Å². The molecule has 0 saturated carbocycles. The molecule has 1 fully saturated rings. The molecule has 1 aliphatic rings. The quantitative estimate of drug-likeness (QED) is 0.627. The number of hydrogen-bond donors (Lipinski definition) is 3. The molecule has 2 unspecified atom stereocenters. The lowest BCUT2D eigenvalue weighted by Gasteiger charge is -2.36. The Morgan fingerprint density at radius 3 is 2.68 bits per heavy atom. The zero-order valence-electron chi connectivity index (χ0n) is 13.5. The van der Waals surface area contributed by atoms with Crippen LogP contribution in [0.4, 0.5) is 5.69 Å². The Balaban J connectivity index is 2.16. The number of benzene rings is 1. The van der Waals surface area contributed by atoms with E-state index in [0.29, 0.717) is 5.56 Å². The summed E-state index contributed by atoms with van der Waals surface area (Å²) >= 11 is 11.8. The van der Waals surface area contributed by atoms with Gasteiger partial charge in [-0.1, -0.05) is 6.07 Å². The molecule has 138 valence electrons. The van der Waals surface area contributed by atoms with Gasteiger partial charge in [-0.3, -0.25) is 14.6 Å². The fraction of sp³-hybridized carbons (Fsp3) is 0.429. The summed E-state index contributed by atoms with van der Waals surface area (Å²) in [5.74, 6) is -1.04. The molecule has 0 bridgehead atoms. The maximum Gasteiger partial charge on any atom is 0.257 e. The summed E-state index contributed by atoms with van der Waals surface area (Å²) in [5.41, 5.74) is 3.45. The molecule has 2 rings (SSSR count). The molecule has 4 N–H and O–H groups in total. The number of nitrogens with one attached hydrogen (secondary N) is 2. The Bertz CT molecular complexity index is 802. The van der Waals surface area contributed by atoms with Gasteiger partial charge in [-0.25, -0.2) is 19.0 Å². The van der Waals surface area contributed by atoms with Crippen LogP contribution in [0.3, 0.4) is 0 Å². The van der Waals surface area contributed by atoms with Crippen LogP contribution in [0.25, 0.3) is 0 Å². The first kappa shape index (κ1) is 19.9. The van der Waals surface area contributed by atoms with E-state index in [1.165, 1.54) is 19.1 Å². The highest BCUT2D eigenvalue weighted by Crippen LogP contribution is 2.21. The molecule has 11 heteroatoms. The van der Waals surface area contributed by atoms with Crippen LogP contribution < -0.4 is 15.9 Å². The van der Waals surface area contributed by atoms with Crippen molar-refractivity contribution in [2.75, 3.05) is 11.9 Å². The molecule has 0 aliphatic carbocycles. The summed E-state index contributed by atoms with van der Waals surface area (Å²) in [4.78, 5) is 24.4. The third-order valence-corrected chi connectivity index (χ3v) is 5.86. The second kappa shape index (κ2) is 7.46. The summed E-state index contributed by atoms with van der Waals surface area (Å²) < 4.78 is 23.1. The second-order valence-electron chi connectivity index (χ2n) is 5.68. The molecule has 1 saturated heterocycles. The molecule has 2 amide bonds. The van der Waals surface area contributed by atoms with Gasteiger partial charge < -0.3 is 5.32 Å². The minimum Gasteiger partial charge on any atom is -0.324 e. The van der Waals surface area contributed by atoms with Gasteiger partial charge in [0.05, 0.1) is 10.3 Å². The van der Waals surface area contributed by atoms with Gasteiger partial charge in [0.2, 0.25) is 15.9 Å². The SMILES string of the molecule is Cc1ccc(NC(=O)[C@@H](C)N2NCC(Cl)C(Cl)C2=O)cc1S(N)(=O)=O. The number of rotatable bonds is 4. The maximum absolute atomic E-state index is 12.4. The Labute approximate surface area is 155 Å². The van der Waals surface area contributed by atoms with E-state index in [1.54, 1.807) is 13.0 Å². The van der Waals surface area contributed by atoms with Crippen molar-refractivity contribution in [3.8, 4) is 0 Å². The van der Waals surface area contributed by atoms with Crippen LogP contribution in [0.15, 0.2) is 23.1 Å². The Morgan fingerprint density at radius 2 is 2.08 bits per heavy atom. The number of primary sulfonamides is 1. The number of sulfonamides is 1. The number of nitrogens with zero attached hydrogens (tertiary/aromatic N) is 1. The summed E-state index contributed by atoms with van der Waals surface area (Å²) in [6.07, 6.45) is 0. The first-order chi connectivity index (χ1) is 11.5. The van der Waals surface area contributed by atoms with Crippen LogP contribution in [-0.4, -0.2) is 48.6 Å². The number of halogens is 2. The highest BCUT2D eigenvalue weighted by molar-refractivity contribution is 7.89. The van der Waals surface area contributed by atoms with E-state index >= 15 is 0 Å². The van der Waals surface area contributed by atoms with Crippen LogP contribution in [0.2, 0.25) is 0 Å². The van der Waals surface area contributed by atoms with Gasteiger partial charge in [0.15, 0.2) is 0 Å². The normalized spacial score (nSPS) is 22.6. The largest absolute Gasteiger partial charge is 0.324 e. The van der Waals surface area contributed by atoms with Crippen molar-refractivity contribution in [2.45, 2.75) is 35.5 Å². The minimum atomic E-state index is -3.92. The summed E-state index contributed by atoms with van der Waals surface area (Å²) in [6.45, 7) is 3.33. The summed E-state index contributed by atoms with van der Waals surface area (Å²) in [6, 6.07) is 3.44. The van der Waals surface area contributed by atoms with Gasteiger partial charge in [-0.15, -0.1) is 23.2 Å². The molecule has 3 atom stereocenters. The van der Waals surface area contributed by atoms with Crippen molar-refractivity contribution in [3.05, 3.63) is 23.8 Å². The number of aryl methyl sites for hydroxylation is 1. The molecule has 1 aliphatic heterocycles. The topological polar surface area (TPSA) is 122 Å². The van der Waals surface area contributed by atoms with Gasteiger partial charge in [0.25, 0.3) is 5.91 Å². The average molecular weight is 409 g/mol. The van der Waals surface area contributed by atoms with Crippen molar-refractivity contribution in [3.63, 3.8) is 0 Å². The number of carbonyl (C=O) groups is 2. The van der Waals surface area contributed by atoms with Crippen LogP contribution in [0, 0.1) is 6.92 Å². The lowest BCUT2D eigenvalue weighted by molar-refractivity contribution is -0.143. The Hall–Kier alpha value is -1.39. The predicted molar refractivity (Wildman–Crippen MR) is 94.8 cm³/mol. The van der Waals surface area contributed by atoms with Crippen molar-refractivity contribution in [2.24, 2.45) is 5.14 Å². The zero-order valence-corrected chi connectivity index (χ0v) is 15.8. The van der Waals surface area contributed by atoms with E-state index in [-0.39, 0.29) is 17.1 Å². The number of hydrazine groups is 1. The molecular formula is C14H18Cl2N4O4S. The second-order valence-corrected chi connectivity index (χ2v) is 8.24. The predicted octanol–water partition coefficient (Wildman–Crippen LogP) is 0.531. The number of amides is 2. The first-order valence-corrected chi connectivity index (χ1v) is 9.73. The average Bonchev–Trinajstić information content (AvgIpc) is 2.53. The smallest absolute Gasteiger partial charge is 0.257 e. The maximum atomic E-state index is 12.4. The van der Waals surface area contributed by atoms with Gasteiger partial charge in [-0.05, 0) is 31.5 Å². The molecule has 1 aromatic rings. The number of hydrogen-bond acceptors (Lipinski definition) is 5. The third-order valence-electron chi connectivity index (χ3n) is 3.78. The van der Waals surface area contributed by atoms with Crippen LogP contribution in [-0.2, 0) is 19.6 Å². The molecule has 0 spiro atoms. The number of carbonyl (C=O) groups excluding carboxylic acids is 2. The number of alkyl halides is 2. The lowest BCUT2D eigenvalue weighted by atomic mass is 10.2. The van der Waals surface area contributed by atoms with Crippen molar-refractivity contribution in [1.82, 2.24) is 10.4 Å². The zero-order chi connectivity index (χ0) is 18.9. The summed E-state index contributed by atoms with van der Waals surface area (Å²) in [5, 5.41) is 7.31. The number of anilines is 1. The fourth-order valence-corrected chi connectivity index (χ4v) is 3.51. The first-order valence-electron chi connectivity index (χ1n) is 7.31. The standard InChI is InChI=1S/C14H18Cl2N4O4S/c1-7-3-4-9(5-11(7)25(17,23)24)19-13(21)8(2)20-14(22)12(16)10(15)6-18-20/h3-5,8,10,12,18H,6H2,1-2H3,(H,19,21)(H2,17,23,24)/t8-,10?,12?/m1/s1. The van der Waals surface area contributed by atoms with Crippen molar-refractivity contribution >= 4 is 50.7 Å². The molecule has 1 heterocycles. The molecule has 1 aromatic carbocycles. The van der Waals surface area contributed by atoms with E-state index in [9.17, 15) is 18.0 Å². The van der Waals surface area contributed by atoms with Crippen LogP contribution in [0.1, 0.15) is 12.5 Å². The molecule has 25 heavy (non-hydrogen) atoms. The molecule has 0 aromatic heterocycles. The van der Waals surface area contributed by atoms with E-state index in [2.05, 4.69) is 10.7 Å². The van der Waals surface area contributed by atoms with E-state index < -0.39 is 38.6 Å². The Morgan fingerprint density at radius 1 is 1.44 bits per heavy atom. The van der Waals surface area contributed by atoms with Crippen molar-refractivity contribution < 1.29 is 18.0 Å².